The Balaban J connectivity index is 3.21. The summed E-state index contributed by atoms with van der Waals surface area (Å²) < 4.78 is 0. The molecule has 3 heteroatoms. The van der Waals surface area contributed by atoms with Gasteiger partial charge in [0.05, 0.1) is 0 Å². The third-order valence-corrected chi connectivity index (χ3v) is 1.96. The quantitative estimate of drug-likeness (QED) is 0.699. The van der Waals surface area contributed by atoms with Crippen molar-refractivity contribution in [1.82, 2.24) is 5.32 Å². The molecule has 1 atom stereocenters. The van der Waals surface area contributed by atoms with Gasteiger partial charge in [0.1, 0.15) is 0 Å². The molecule has 0 heterocycles. The van der Waals surface area contributed by atoms with Gasteiger partial charge in [-0.3, -0.25) is 4.79 Å². The molecule has 1 amide bonds. The van der Waals surface area contributed by atoms with E-state index in [1.807, 2.05) is 0 Å². The maximum atomic E-state index is 10.4. The molecule has 60 valence electrons. The van der Waals surface area contributed by atoms with Gasteiger partial charge in [0, 0.05) is 18.3 Å². The zero-order valence-corrected chi connectivity index (χ0v) is 8.07. The van der Waals surface area contributed by atoms with Crippen LogP contribution in [-0.4, -0.2) is 17.3 Å². The van der Waals surface area contributed by atoms with Crippen LogP contribution in [0.5, 0.6) is 0 Å². The number of carbonyl (C=O) groups is 1. The van der Waals surface area contributed by atoms with Crippen LogP contribution >= 0.6 is 15.9 Å². The second-order valence-electron chi connectivity index (χ2n) is 2.32. The van der Waals surface area contributed by atoms with Crippen molar-refractivity contribution in [2.75, 3.05) is 6.54 Å². The lowest BCUT2D eigenvalue weighted by Crippen LogP contribution is -2.26. The predicted molar refractivity (Wildman–Crippen MR) is 46.3 cm³/mol. The van der Waals surface area contributed by atoms with Crippen molar-refractivity contribution in [3.05, 3.63) is 0 Å². The molecule has 0 aromatic rings. The smallest absolute Gasteiger partial charge is 0.216 e. The van der Waals surface area contributed by atoms with Crippen molar-refractivity contribution in [3.8, 4) is 0 Å². The molecule has 0 saturated heterocycles. The van der Waals surface area contributed by atoms with E-state index in [-0.39, 0.29) is 5.91 Å². The SMILES string of the molecule is CCCC(Br)CNC(C)=O. The minimum atomic E-state index is 0.0422. The van der Waals surface area contributed by atoms with E-state index in [4.69, 9.17) is 0 Å². The fourth-order valence-electron chi connectivity index (χ4n) is 0.670. The van der Waals surface area contributed by atoms with Gasteiger partial charge in [0.25, 0.3) is 0 Å². The normalized spacial score (nSPS) is 12.7. The van der Waals surface area contributed by atoms with Crippen LogP contribution in [0.25, 0.3) is 0 Å². The summed E-state index contributed by atoms with van der Waals surface area (Å²) in [7, 11) is 0. The summed E-state index contributed by atoms with van der Waals surface area (Å²) in [5.74, 6) is 0.0422. The van der Waals surface area contributed by atoms with Gasteiger partial charge in [-0.1, -0.05) is 29.3 Å². The lowest BCUT2D eigenvalue weighted by molar-refractivity contribution is -0.118. The van der Waals surface area contributed by atoms with Crippen LogP contribution in [0.3, 0.4) is 0 Å². The largest absolute Gasteiger partial charge is 0.355 e. The lowest BCUT2D eigenvalue weighted by atomic mass is 10.2. The van der Waals surface area contributed by atoms with Crippen LogP contribution in [0.1, 0.15) is 26.7 Å². The first-order valence-electron chi connectivity index (χ1n) is 3.55. The summed E-state index contributed by atoms with van der Waals surface area (Å²) in [6.07, 6.45) is 2.26. The van der Waals surface area contributed by atoms with Gasteiger partial charge in [0.15, 0.2) is 0 Å². The van der Waals surface area contributed by atoms with Crippen molar-refractivity contribution in [2.24, 2.45) is 0 Å². The zero-order valence-electron chi connectivity index (χ0n) is 6.48. The number of carbonyl (C=O) groups excluding carboxylic acids is 1. The van der Waals surface area contributed by atoms with Crippen LogP contribution < -0.4 is 5.32 Å². The molecule has 10 heavy (non-hydrogen) atoms. The topological polar surface area (TPSA) is 29.1 Å². The summed E-state index contributed by atoms with van der Waals surface area (Å²) in [6, 6.07) is 0. The molecule has 0 bridgehead atoms. The highest BCUT2D eigenvalue weighted by molar-refractivity contribution is 9.09. The van der Waals surface area contributed by atoms with E-state index in [1.165, 1.54) is 6.92 Å². The highest BCUT2D eigenvalue weighted by Crippen LogP contribution is 2.05. The number of nitrogens with one attached hydrogen (secondary N) is 1. The number of alkyl halides is 1. The van der Waals surface area contributed by atoms with Crippen molar-refractivity contribution >= 4 is 21.8 Å². The summed E-state index contributed by atoms with van der Waals surface area (Å²) >= 11 is 3.45. The predicted octanol–water partition coefficient (Wildman–Crippen LogP) is 1.69. The fraction of sp³-hybridized carbons (Fsp3) is 0.857. The summed E-state index contributed by atoms with van der Waals surface area (Å²) in [5.41, 5.74) is 0. The molecule has 0 radical (unpaired) electrons. The molecule has 1 N–H and O–H groups in total. The summed E-state index contributed by atoms with van der Waals surface area (Å²) in [5, 5.41) is 2.74. The molecular weight excluding hydrogens is 194 g/mol. The van der Waals surface area contributed by atoms with Crippen molar-refractivity contribution < 1.29 is 4.79 Å². The van der Waals surface area contributed by atoms with Gasteiger partial charge in [-0.2, -0.15) is 0 Å². The van der Waals surface area contributed by atoms with E-state index in [0.29, 0.717) is 4.83 Å². The highest BCUT2D eigenvalue weighted by atomic mass is 79.9. The Morgan fingerprint density at radius 3 is 2.70 bits per heavy atom. The second-order valence-corrected chi connectivity index (χ2v) is 3.62. The van der Waals surface area contributed by atoms with Crippen LogP contribution in [0.4, 0.5) is 0 Å². The van der Waals surface area contributed by atoms with E-state index >= 15 is 0 Å². The van der Waals surface area contributed by atoms with E-state index < -0.39 is 0 Å². The first-order chi connectivity index (χ1) is 4.66. The monoisotopic (exact) mass is 207 g/mol. The molecule has 2 nitrogen and oxygen atoms in total. The average molecular weight is 208 g/mol. The number of halogens is 1. The molecule has 0 fully saturated rings. The Bertz CT molecular complexity index is 106. The summed E-state index contributed by atoms with van der Waals surface area (Å²) in [4.78, 5) is 10.9. The van der Waals surface area contributed by atoms with E-state index in [1.54, 1.807) is 0 Å². The Hall–Kier alpha value is -0.0500. The average Bonchev–Trinajstić information content (AvgIpc) is 1.85. The first-order valence-corrected chi connectivity index (χ1v) is 4.47. The highest BCUT2D eigenvalue weighted by Gasteiger charge is 2.01. The number of hydrogen-bond acceptors (Lipinski definition) is 1. The van der Waals surface area contributed by atoms with E-state index in [9.17, 15) is 4.79 Å². The number of hydrogen-bond donors (Lipinski definition) is 1. The fourth-order valence-corrected chi connectivity index (χ4v) is 1.29. The van der Waals surface area contributed by atoms with Crippen molar-refractivity contribution in [2.45, 2.75) is 31.5 Å². The standard InChI is InChI=1S/C7H14BrNO/c1-3-4-7(8)5-9-6(2)10/h7H,3-5H2,1-2H3,(H,9,10). The minimum Gasteiger partial charge on any atom is -0.355 e. The van der Waals surface area contributed by atoms with Gasteiger partial charge in [-0.25, -0.2) is 0 Å². The van der Waals surface area contributed by atoms with Crippen LogP contribution in [0.2, 0.25) is 0 Å². The Morgan fingerprint density at radius 1 is 1.70 bits per heavy atom. The molecule has 0 aromatic heterocycles. The molecule has 0 aliphatic heterocycles. The molecular formula is C7H14BrNO. The Kier molecular flexibility index (Phi) is 5.69. The van der Waals surface area contributed by atoms with Crippen LogP contribution in [0.15, 0.2) is 0 Å². The van der Waals surface area contributed by atoms with Gasteiger partial charge in [-0.05, 0) is 6.42 Å². The Labute approximate surface area is 70.5 Å². The first kappa shape index (κ1) is 9.95. The lowest BCUT2D eigenvalue weighted by Gasteiger charge is -2.07. The minimum absolute atomic E-state index is 0.0422. The summed E-state index contributed by atoms with van der Waals surface area (Å²) in [6.45, 7) is 4.40. The van der Waals surface area contributed by atoms with Crippen LogP contribution in [0, 0.1) is 0 Å². The third kappa shape index (κ3) is 6.08. The molecule has 0 saturated carbocycles. The molecule has 0 aliphatic rings. The van der Waals surface area contributed by atoms with Crippen molar-refractivity contribution in [3.63, 3.8) is 0 Å². The maximum Gasteiger partial charge on any atom is 0.216 e. The van der Waals surface area contributed by atoms with E-state index in [0.717, 1.165) is 19.4 Å². The molecule has 0 rings (SSSR count). The molecule has 0 aromatic carbocycles. The van der Waals surface area contributed by atoms with Gasteiger partial charge in [-0.15, -0.1) is 0 Å². The third-order valence-electron chi connectivity index (χ3n) is 1.17. The zero-order chi connectivity index (χ0) is 7.98. The maximum absolute atomic E-state index is 10.4. The molecule has 0 aliphatic carbocycles. The van der Waals surface area contributed by atoms with Gasteiger partial charge >= 0.3 is 0 Å². The van der Waals surface area contributed by atoms with Gasteiger partial charge in [0.2, 0.25) is 5.91 Å². The molecule has 1 unspecified atom stereocenters. The van der Waals surface area contributed by atoms with Crippen LogP contribution in [-0.2, 0) is 4.79 Å². The van der Waals surface area contributed by atoms with E-state index in [2.05, 4.69) is 28.2 Å². The molecule has 0 spiro atoms. The van der Waals surface area contributed by atoms with Gasteiger partial charge < -0.3 is 5.32 Å². The van der Waals surface area contributed by atoms with Crippen molar-refractivity contribution in [1.29, 1.82) is 0 Å². The second kappa shape index (κ2) is 5.71. The Morgan fingerprint density at radius 2 is 2.30 bits per heavy atom. The number of amides is 1. The number of rotatable bonds is 4.